The third-order valence-corrected chi connectivity index (χ3v) is 6.21. The van der Waals surface area contributed by atoms with Crippen molar-refractivity contribution >= 4 is 50.7 Å². The van der Waals surface area contributed by atoms with Crippen molar-refractivity contribution in [2.24, 2.45) is 0 Å². The molecule has 1 amide bonds. The minimum atomic E-state index is -3.34. The van der Waals surface area contributed by atoms with Gasteiger partial charge >= 0.3 is 0 Å². The van der Waals surface area contributed by atoms with E-state index in [1.165, 1.54) is 28.9 Å². The summed E-state index contributed by atoms with van der Waals surface area (Å²) in [5.74, 6) is 0.679. The molecule has 0 radical (unpaired) electrons. The van der Waals surface area contributed by atoms with Gasteiger partial charge in [0, 0.05) is 30.5 Å². The number of hydrogen-bond acceptors (Lipinski definition) is 5. The molecule has 0 saturated carbocycles. The Balaban J connectivity index is 2.32. The van der Waals surface area contributed by atoms with E-state index >= 15 is 0 Å². The normalized spacial score (nSPS) is 19.9. The van der Waals surface area contributed by atoms with Gasteiger partial charge in [0.05, 0.1) is 10.6 Å². The lowest BCUT2D eigenvalue weighted by molar-refractivity contribution is 0.0749. The SMILES string of the molecule is CS(=O)(=O)C1CSCCN1C(=O)c1cnc(Cl)c(Cl)c1. The average molecular weight is 355 g/mol. The second-order valence-electron chi connectivity index (χ2n) is 4.35. The van der Waals surface area contributed by atoms with Crippen molar-refractivity contribution in [3.63, 3.8) is 0 Å². The molecule has 0 bridgehead atoms. The average Bonchev–Trinajstić information content (AvgIpc) is 2.40. The summed E-state index contributed by atoms with van der Waals surface area (Å²) in [7, 11) is -3.34. The van der Waals surface area contributed by atoms with Crippen LogP contribution < -0.4 is 0 Å². The first-order chi connectivity index (χ1) is 9.30. The topological polar surface area (TPSA) is 67.3 Å². The summed E-state index contributed by atoms with van der Waals surface area (Å²) in [6.07, 6.45) is 2.44. The van der Waals surface area contributed by atoms with Gasteiger partial charge in [0.2, 0.25) is 0 Å². The molecule has 110 valence electrons. The predicted octanol–water partition coefficient (Wildman–Crippen LogP) is 1.95. The Kier molecular flexibility index (Phi) is 4.84. The van der Waals surface area contributed by atoms with E-state index < -0.39 is 21.1 Å². The molecule has 1 unspecified atom stereocenters. The Morgan fingerprint density at radius 3 is 2.80 bits per heavy atom. The molecule has 1 aromatic heterocycles. The molecule has 5 nitrogen and oxygen atoms in total. The predicted molar refractivity (Wildman–Crippen MR) is 81.3 cm³/mol. The summed E-state index contributed by atoms with van der Waals surface area (Å²) < 4.78 is 23.6. The molecule has 1 atom stereocenters. The van der Waals surface area contributed by atoms with Gasteiger partial charge in [-0.15, -0.1) is 0 Å². The third kappa shape index (κ3) is 3.39. The first-order valence-electron chi connectivity index (χ1n) is 5.69. The Hall–Kier alpha value is -0.500. The van der Waals surface area contributed by atoms with Crippen LogP contribution in [0.4, 0.5) is 0 Å². The number of nitrogens with zero attached hydrogens (tertiary/aromatic N) is 2. The van der Waals surface area contributed by atoms with E-state index in [0.29, 0.717) is 18.1 Å². The Morgan fingerprint density at radius 1 is 1.50 bits per heavy atom. The second kappa shape index (κ2) is 6.09. The van der Waals surface area contributed by atoms with Crippen LogP contribution in [-0.2, 0) is 9.84 Å². The van der Waals surface area contributed by atoms with Crippen LogP contribution in [0, 0.1) is 0 Å². The zero-order valence-electron chi connectivity index (χ0n) is 10.5. The Morgan fingerprint density at radius 2 is 2.20 bits per heavy atom. The first-order valence-corrected chi connectivity index (χ1v) is 9.56. The minimum Gasteiger partial charge on any atom is -0.320 e. The highest BCUT2D eigenvalue weighted by atomic mass is 35.5. The van der Waals surface area contributed by atoms with Crippen molar-refractivity contribution in [3.05, 3.63) is 28.0 Å². The van der Waals surface area contributed by atoms with E-state index in [9.17, 15) is 13.2 Å². The lowest BCUT2D eigenvalue weighted by atomic mass is 10.2. The summed E-state index contributed by atoms with van der Waals surface area (Å²) in [6, 6.07) is 1.40. The summed E-state index contributed by atoms with van der Waals surface area (Å²) >= 11 is 13.1. The molecular weight excluding hydrogens is 343 g/mol. The van der Waals surface area contributed by atoms with Gasteiger partial charge in [-0.3, -0.25) is 4.79 Å². The molecule has 1 aliphatic rings. The summed E-state index contributed by atoms with van der Waals surface area (Å²) in [6.45, 7) is 0.376. The van der Waals surface area contributed by atoms with Crippen molar-refractivity contribution in [1.29, 1.82) is 0 Å². The van der Waals surface area contributed by atoms with Crippen LogP contribution in [0.3, 0.4) is 0 Å². The van der Waals surface area contributed by atoms with Crippen molar-refractivity contribution in [2.45, 2.75) is 5.37 Å². The number of thioether (sulfide) groups is 1. The molecule has 20 heavy (non-hydrogen) atoms. The number of aromatic nitrogens is 1. The molecule has 1 fully saturated rings. The van der Waals surface area contributed by atoms with Crippen LogP contribution in [0.25, 0.3) is 0 Å². The molecule has 1 aliphatic heterocycles. The van der Waals surface area contributed by atoms with Gasteiger partial charge in [0.1, 0.15) is 10.5 Å². The molecule has 1 aromatic rings. The van der Waals surface area contributed by atoms with Crippen LogP contribution in [0.2, 0.25) is 10.2 Å². The van der Waals surface area contributed by atoms with Gasteiger partial charge in [0.25, 0.3) is 5.91 Å². The molecule has 0 aliphatic carbocycles. The number of amides is 1. The van der Waals surface area contributed by atoms with E-state index in [2.05, 4.69) is 4.98 Å². The van der Waals surface area contributed by atoms with Gasteiger partial charge in [-0.2, -0.15) is 11.8 Å². The third-order valence-electron chi connectivity index (χ3n) is 2.88. The maximum Gasteiger partial charge on any atom is 0.256 e. The zero-order valence-corrected chi connectivity index (χ0v) is 13.7. The highest BCUT2D eigenvalue weighted by Crippen LogP contribution is 2.25. The Bertz CT molecular complexity index is 637. The van der Waals surface area contributed by atoms with Gasteiger partial charge in [0.15, 0.2) is 9.84 Å². The lowest BCUT2D eigenvalue weighted by Gasteiger charge is -2.34. The van der Waals surface area contributed by atoms with E-state index in [-0.39, 0.29) is 15.7 Å². The number of halogens is 2. The monoisotopic (exact) mass is 354 g/mol. The number of rotatable bonds is 2. The van der Waals surface area contributed by atoms with Crippen molar-refractivity contribution in [2.75, 3.05) is 24.3 Å². The first kappa shape index (κ1) is 15.9. The van der Waals surface area contributed by atoms with Crippen LogP contribution in [0.1, 0.15) is 10.4 Å². The standard InChI is InChI=1S/C11H12Cl2N2O3S2/c1-20(17,18)9-6-19-3-2-15(9)11(16)7-4-8(12)10(13)14-5-7/h4-5,9H,2-3,6H2,1H3. The largest absolute Gasteiger partial charge is 0.320 e. The molecule has 0 N–H and O–H groups in total. The number of pyridine rings is 1. The molecule has 1 saturated heterocycles. The van der Waals surface area contributed by atoms with Gasteiger partial charge in [-0.1, -0.05) is 23.2 Å². The molecule has 0 aromatic carbocycles. The van der Waals surface area contributed by atoms with Crippen LogP contribution in [-0.4, -0.2) is 53.9 Å². The Labute approximate surface area is 131 Å². The number of sulfone groups is 1. The van der Waals surface area contributed by atoms with Crippen molar-refractivity contribution < 1.29 is 13.2 Å². The molecule has 2 heterocycles. The zero-order chi connectivity index (χ0) is 14.9. The summed E-state index contributed by atoms with van der Waals surface area (Å²) in [5, 5.41) is -0.542. The molecule has 0 spiro atoms. The second-order valence-corrected chi connectivity index (χ2v) is 8.47. The summed E-state index contributed by atoms with van der Waals surface area (Å²) in [4.78, 5) is 17.6. The fraction of sp³-hybridized carbons (Fsp3) is 0.455. The quantitative estimate of drug-likeness (QED) is 0.759. The minimum absolute atomic E-state index is 0.108. The fourth-order valence-corrected chi connectivity index (χ4v) is 4.96. The van der Waals surface area contributed by atoms with Gasteiger partial charge in [-0.05, 0) is 6.07 Å². The maximum atomic E-state index is 12.4. The van der Waals surface area contributed by atoms with Gasteiger partial charge in [-0.25, -0.2) is 13.4 Å². The molecular formula is C11H12Cl2N2O3S2. The fourth-order valence-electron chi connectivity index (χ4n) is 1.87. The molecule has 2 rings (SSSR count). The number of hydrogen-bond donors (Lipinski definition) is 0. The highest BCUT2D eigenvalue weighted by Gasteiger charge is 2.34. The number of carbonyl (C=O) groups is 1. The summed E-state index contributed by atoms with van der Waals surface area (Å²) in [5.41, 5.74) is 0.236. The van der Waals surface area contributed by atoms with Crippen LogP contribution in [0.5, 0.6) is 0 Å². The maximum absolute atomic E-state index is 12.4. The lowest BCUT2D eigenvalue weighted by Crippen LogP contribution is -2.49. The van der Waals surface area contributed by atoms with E-state index in [1.54, 1.807) is 0 Å². The smallest absolute Gasteiger partial charge is 0.256 e. The van der Waals surface area contributed by atoms with Gasteiger partial charge < -0.3 is 4.90 Å². The van der Waals surface area contributed by atoms with Crippen LogP contribution in [0.15, 0.2) is 12.3 Å². The van der Waals surface area contributed by atoms with E-state index in [0.717, 1.165) is 6.26 Å². The van der Waals surface area contributed by atoms with Crippen molar-refractivity contribution in [3.8, 4) is 0 Å². The van der Waals surface area contributed by atoms with E-state index in [4.69, 9.17) is 23.2 Å². The van der Waals surface area contributed by atoms with Crippen LogP contribution >= 0.6 is 35.0 Å². The number of carbonyl (C=O) groups excluding carboxylic acids is 1. The van der Waals surface area contributed by atoms with Crippen molar-refractivity contribution in [1.82, 2.24) is 9.88 Å². The molecule has 9 heteroatoms. The highest BCUT2D eigenvalue weighted by molar-refractivity contribution is 8.00. The van der Waals surface area contributed by atoms with E-state index in [1.807, 2.05) is 0 Å².